The predicted molar refractivity (Wildman–Crippen MR) is 80.6 cm³/mol. The monoisotopic (exact) mass is 360 g/mol. The Morgan fingerprint density at radius 1 is 1.26 bits per heavy atom. The molecule has 0 fully saturated rings. The third-order valence-electron chi connectivity index (χ3n) is 2.75. The number of ether oxygens (including phenoxy) is 1. The van der Waals surface area contributed by atoms with Crippen LogP contribution in [0.3, 0.4) is 0 Å². The molecule has 2 rings (SSSR count). The maximum absolute atomic E-state index is 11.2. The Kier molecular flexibility index (Phi) is 5.57. The lowest BCUT2D eigenvalue weighted by Gasteiger charge is -2.11. The van der Waals surface area contributed by atoms with Crippen molar-refractivity contribution in [3.8, 4) is 5.75 Å². The summed E-state index contributed by atoms with van der Waals surface area (Å²) in [5, 5.41) is 12.7. The Hall–Kier alpha value is -1.69. The molecule has 0 bridgehead atoms. The van der Waals surface area contributed by atoms with Crippen LogP contribution in [0.15, 0.2) is 40.1 Å². The van der Waals surface area contributed by atoms with Crippen LogP contribution in [0, 0.1) is 0 Å². The van der Waals surface area contributed by atoms with Gasteiger partial charge in [0, 0.05) is 10.3 Å². The topological polar surface area (TPSA) is 119 Å². The molecule has 0 aliphatic carbocycles. The first kappa shape index (κ1) is 17.7. The molecular formula is C13H12O8S2. The van der Waals surface area contributed by atoms with Crippen LogP contribution in [0.2, 0.25) is 0 Å². The smallest absolute Gasteiger partial charge is 0.294 e. The van der Waals surface area contributed by atoms with Crippen molar-refractivity contribution in [2.75, 3.05) is 6.61 Å². The van der Waals surface area contributed by atoms with E-state index in [1.165, 1.54) is 37.3 Å². The van der Waals surface area contributed by atoms with E-state index < -0.39 is 10.1 Å². The van der Waals surface area contributed by atoms with Crippen LogP contribution in [0.4, 0.5) is 0 Å². The summed E-state index contributed by atoms with van der Waals surface area (Å²) < 4.78 is 41.3. The number of carbonyl (C=O) groups is 1. The number of benzene rings is 2. The van der Waals surface area contributed by atoms with Crippen LogP contribution in [0.25, 0.3) is 10.8 Å². The summed E-state index contributed by atoms with van der Waals surface area (Å²) in [6, 6.07) is 6.98. The van der Waals surface area contributed by atoms with Gasteiger partial charge in [0.2, 0.25) is 0 Å². The second-order valence-electron chi connectivity index (χ2n) is 4.50. The maximum Gasteiger partial charge on any atom is 0.294 e. The number of hydrogen-bond acceptors (Lipinski definition) is 8. The zero-order valence-electron chi connectivity index (χ0n) is 11.8. The van der Waals surface area contributed by atoms with Crippen LogP contribution in [0.1, 0.15) is 6.92 Å². The summed E-state index contributed by atoms with van der Waals surface area (Å²) >= 11 is 0.648. The number of Topliss-reactive ketones (excluding diaryl/α,β-unsaturated/α-hetero) is 1. The van der Waals surface area contributed by atoms with Crippen molar-refractivity contribution in [3.63, 3.8) is 0 Å². The molecule has 0 aromatic heterocycles. The van der Waals surface area contributed by atoms with Gasteiger partial charge < -0.3 is 4.74 Å². The zero-order valence-corrected chi connectivity index (χ0v) is 13.4. The van der Waals surface area contributed by atoms with Crippen molar-refractivity contribution in [1.29, 1.82) is 0 Å². The molecule has 8 nitrogen and oxygen atoms in total. The van der Waals surface area contributed by atoms with E-state index in [1.807, 2.05) is 0 Å². The van der Waals surface area contributed by atoms with E-state index in [0.717, 1.165) is 0 Å². The molecule has 2 aromatic carbocycles. The van der Waals surface area contributed by atoms with Gasteiger partial charge in [-0.05, 0) is 42.6 Å². The summed E-state index contributed by atoms with van der Waals surface area (Å²) in [5.41, 5.74) is 0. The molecule has 2 N–H and O–H groups in total. The van der Waals surface area contributed by atoms with Gasteiger partial charge in [0.15, 0.2) is 5.78 Å². The summed E-state index contributed by atoms with van der Waals surface area (Å²) in [6.07, 6.45) is 0. The van der Waals surface area contributed by atoms with E-state index in [2.05, 4.69) is 9.37 Å². The molecule has 0 amide bonds. The quantitative estimate of drug-likeness (QED) is 0.332. The Bertz CT molecular complexity index is 831. The van der Waals surface area contributed by atoms with E-state index in [0.29, 0.717) is 33.5 Å². The van der Waals surface area contributed by atoms with Crippen molar-refractivity contribution in [2.24, 2.45) is 0 Å². The summed E-state index contributed by atoms with van der Waals surface area (Å²) in [6.45, 7) is 1.20. The average Bonchev–Trinajstić information content (AvgIpc) is 2.48. The van der Waals surface area contributed by atoms with Crippen molar-refractivity contribution >= 4 is 38.7 Å². The minimum absolute atomic E-state index is 0.166. The first-order chi connectivity index (χ1) is 10.8. The van der Waals surface area contributed by atoms with Gasteiger partial charge in [-0.2, -0.15) is 8.42 Å². The highest BCUT2D eigenvalue weighted by Gasteiger charge is 2.14. The molecule has 0 aliphatic heterocycles. The maximum atomic E-state index is 11.2. The normalized spacial score (nSPS) is 11.6. The van der Waals surface area contributed by atoms with E-state index in [1.54, 1.807) is 0 Å². The lowest BCUT2D eigenvalue weighted by molar-refractivity contribution is -0.432. The molecule has 0 atom stereocenters. The van der Waals surface area contributed by atoms with Crippen LogP contribution in [-0.4, -0.2) is 30.6 Å². The molecule has 23 heavy (non-hydrogen) atoms. The van der Waals surface area contributed by atoms with Gasteiger partial charge in [0.05, 0.1) is 16.9 Å². The molecule has 0 aliphatic rings. The van der Waals surface area contributed by atoms with Crippen molar-refractivity contribution in [1.82, 2.24) is 0 Å². The number of ketones is 1. The molecule has 0 spiro atoms. The molecule has 124 valence electrons. The second-order valence-corrected chi connectivity index (χ2v) is 6.69. The number of fused-ring (bicyclic) bond motifs is 1. The fourth-order valence-electron chi connectivity index (χ4n) is 1.85. The van der Waals surface area contributed by atoms with Gasteiger partial charge in [-0.25, -0.2) is 5.26 Å². The largest absolute Gasteiger partial charge is 0.485 e. The van der Waals surface area contributed by atoms with Gasteiger partial charge in [-0.1, -0.05) is 5.04 Å². The van der Waals surface area contributed by atoms with E-state index in [4.69, 9.17) is 14.5 Å². The second kappa shape index (κ2) is 7.25. The summed E-state index contributed by atoms with van der Waals surface area (Å²) in [4.78, 5) is 11.2. The molecule has 0 unspecified atom stereocenters. The number of hydrogen-bond donors (Lipinski definition) is 2. The highest BCUT2D eigenvalue weighted by atomic mass is 32.2. The Balaban J connectivity index is 2.54. The van der Waals surface area contributed by atoms with Crippen LogP contribution >= 0.6 is 12.0 Å². The fourth-order valence-corrected chi connectivity index (χ4v) is 2.80. The SMILES string of the molecule is CC(=O)COc1cc(SOOO)cc2cc(S(=O)(=O)O)ccc12. The average molecular weight is 360 g/mol. The standard InChI is InChI=1S/C13H12O8S2/c1-8(14)7-19-13-6-10(22-21-20-15)4-9-5-11(23(16,17)18)2-3-12(9)13/h2-6,15H,7H2,1H3,(H,16,17,18). The van der Waals surface area contributed by atoms with Gasteiger partial charge >= 0.3 is 0 Å². The zero-order chi connectivity index (χ0) is 17.0. The fraction of sp³-hybridized carbons (Fsp3) is 0.154. The lowest BCUT2D eigenvalue weighted by atomic mass is 10.1. The van der Waals surface area contributed by atoms with Crippen molar-refractivity contribution in [3.05, 3.63) is 30.3 Å². The minimum Gasteiger partial charge on any atom is -0.485 e. The third kappa shape index (κ3) is 4.64. The summed E-state index contributed by atoms with van der Waals surface area (Å²) in [7, 11) is -4.36. The van der Waals surface area contributed by atoms with Crippen molar-refractivity contribution < 1.29 is 37.1 Å². The molecule has 0 heterocycles. The molecule has 0 radical (unpaired) electrons. The van der Waals surface area contributed by atoms with Gasteiger partial charge in [0.1, 0.15) is 12.4 Å². The summed E-state index contributed by atoms with van der Waals surface area (Å²) in [5.74, 6) is 0.115. The molecule has 10 heteroatoms. The van der Waals surface area contributed by atoms with Gasteiger partial charge in [-0.15, -0.1) is 4.33 Å². The molecular weight excluding hydrogens is 348 g/mol. The van der Waals surface area contributed by atoms with Gasteiger partial charge in [-0.3, -0.25) is 9.35 Å². The van der Waals surface area contributed by atoms with Gasteiger partial charge in [0.25, 0.3) is 10.1 Å². The van der Waals surface area contributed by atoms with Crippen LogP contribution in [0.5, 0.6) is 5.75 Å². The lowest BCUT2D eigenvalue weighted by Crippen LogP contribution is -2.07. The number of carbonyl (C=O) groups excluding carboxylic acids is 1. The van der Waals surface area contributed by atoms with E-state index in [-0.39, 0.29) is 17.3 Å². The molecule has 0 saturated heterocycles. The Morgan fingerprint density at radius 3 is 2.61 bits per heavy atom. The van der Waals surface area contributed by atoms with Crippen LogP contribution in [-0.2, 0) is 24.3 Å². The Labute approximate surface area is 135 Å². The molecule has 0 saturated carbocycles. The third-order valence-corrected chi connectivity index (χ3v) is 4.16. The Morgan fingerprint density at radius 2 is 2.00 bits per heavy atom. The van der Waals surface area contributed by atoms with E-state index in [9.17, 15) is 13.2 Å². The molecule has 2 aromatic rings. The predicted octanol–water partition coefficient (Wildman–Crippen LogP) is 2.48. The van der Waals surface area contributed by atoms with E-state index >= 15 is 0 Å². The first-order valence-corrected chi connectivity index (χ1v) is 8.31. The minimum atomic E-state index is -4.36. The number of rotatable bonds is 7. The van der Waals surface area contributed by atoms with Crippen molar-refractivity contribution in [2.45, 2.75) is 16.7 Å². The first-order valence-electron chi connectivity index (χ1n) is 6.13. The van der Waals surface area contributed by atoms with Crippen LogP contribution < -0.4 is 4.74 Å². The highest BCUT2D eigenvalue weighted by Crippen LogP contribution is 2.34. The highest BCUT2D eigenvalue weighted by molar-refractivity contribution is 7.94.